The van der Waals surface area contributed by atoms with Gasteiger partial charge in [-0.05, 0) is 37.8 Å². The van der Waals surface area contributed by atoms with E-state index in [9.17, 15) is 10.1 Å². The van der Waals surface area contributed by atoms with Crippen LogP contribution in [0.4, 0.5) is 17.1 Å². The van der Waals surface area contributed by atoms with Crippen LogP contribution >= 0.6 is 0 Å². The molecular formula is C12H18N4O2. The molecule has 1 aromatic rings. The van der Waals surface area contributed by atoms with E-state index < -0.39 is 4.92 Å². The normalized spacial score (nSPS) is 16.8. The fraction of sp³-hybridized carbons (Fsp3) is 0.500. The Kier molecular flexibility index (Phi) is 3.38. The Morgan fingerprint density at radius 1 is 1.44 bits per heavy atom. The molecule has 6 heteroatoms. The molecule has 1 aliphatic rings. The molecule has 0 atom stereocenters. The van der Waals surface area contributed by atoms with E-state index in [-0.39, 0.29) is 11.2 Å². The van der Waals surface area contributed by atoms with E-state index in [4.69, 9.17) is 5.84 Å². The zero-order valence-corrected chi connectivity index (χ0v) is 10.4. The second-order valence-corrected chi connectivity index (χ2v) is 4.72. The molecule has 1 aliphatic carbocycles. The molecule has 0 aromatic heterocycles. The van der Waals surface area contributed by atoms with Gasteiger partial charge in [-0.15, -0.1) is 0 Å². The summed E-state index contributed by atoms with van der Waals surface area (Å²) in [5.74, 6) is 5.32. The van der Waals surface area contributed by atoms with Crippen LogP contribution in [0.3, 0.4) is 0 Å². The number of para-hydroxylation sites is 1. The van der Waals surface area contributed by atoms with E-state index in [0.29, 0.717) is 11.4 Å². The first-order valence-electron chi connectivity index (χ1n) is 6.14. The summed E-state index contributed by atoms with van der Waals surface area (Å²) in [7, 11) is 0. The molecule has 6 nitrogen and oxygen atoms in total. The van der Waals surface area contributed by atoms with Crippen molar-refractivity contribution in [1.82, 2.24) is 0 Å². The number of hydrazine groups is 1. The summed E-state index contributed by atoms with van der Waals surface area (Å²) < 4.78 is 0. The lowest BCUT2D eigenvalue weighted by molar-refractivity contribution is -0.383. The predicted molar refractivity (Wildman–Crippen MR) is 71.4 cm³/mol. The van der Waals surface area contributed by atoms with Gasteiger partial charge in [-0.3, -0.25) is 16.0 Å². The van der Waals surface area contributed by atoms with Crippen LogP contribution in [0.5, 0.6) is 0 Å². The third-order valence-electron chi connectivity index (χ3n) is 3.76. The van der Waals surface area contributed by atoms with E-state index in [2.05, 4.69) is 17.7 Å². The highest BCUT2D eigenvalue weighted by molar-refractivity contribution is 5.76. The predicted octanol–water partition coefficient (Wildman–Crippen LogP) is 2.63. The molecule has 4 N–H and O–H groups in total. The topological polar surface area (TPSA) is 93.2 Å². The highest BCUT2D eigenvalue weighted by Gasteiger charge is 2.36. The van der Waals surface area contributed by atoms with Gasteiger partial charge in [0.05, 0.1) is 4.92 Å². The number of benzene rings is 1. The van der Waals surface area contributed by atoms with Crippen LogP contribution in [0.15, 0.2) is 18.2 Å². The fourth-order valence-electron chi connectivity index (χ4n) is 2.41. The third kappa shape index (κ3) is 2.11. The van der Waals surface area contributed by atoms with Gasteiger partial charge in [0, 0.05) is 5.54 Å². The number of nitro benzene ring substituents is 1. The minimum Gasteiger partial charge on any atom is -0.374 e. The molecule has 18 heavy (non-hydrogen) atoms. The number of hydrogen-bond donors (Lipinski definition) is 3. The molecule has 1 saturated carbocycles. The van der Waals surface area contributed by atoms with E-state index in [1.807, 2.05) is 0 Å². The van der Waals surface area contributed by atoms with E-state index in [0.717, 1.165) is 19.3 Å². The van der Waals surface area contributed by atoms with E-state index >= 15 is 0 Å². The average Bonchev–Trinajstić information content (AvgIpc) is 2.33. The van der Waals surface area contributed by atoms with Crippen LogP contribution in [-0.4, -0.2) is 10.5 Å². The summed E-state index contributed by atoms with van der Waals surface area (Å²) in [5, 5.41) is 14.5. The number of nitrogen functional groups attached to an aromatic ring is 1. The van der Waals surface area contributed by atoms with Crippen LogP contribution in [-0.2, 0) is 0 Å². The van der Waals surface area contributed by atoms with Crippen molar-refractivity contribution in [2.75, 3.05) is 10.7 Å². The second kappa shape index (κ2) is 4.81. The van der Waals surface area contributed by atoms with Crippen LogP contribution in [0.25, 0.3) is 0 Å². The molecule has 98 valence electrons. The molecule has 0 unspecified atom stereocenters. The first-order chi connectivity index (χ1) is 8.62. The van der Waals surface area contributed by atoms with Gasteiger partial charge in [-0.1, -0.05) is 13.0 Å². The molecule has 1 fully saturated rings. The number of anilines is 2. The third-order valence-corrected chi connectivity index (χ3v) is 3.76. The van der Waals surface area contributed by atoms with Gasteiger partial charge in [-0.2, -0.15) is 0 Å². The Hall–Kier alpha value is -1.82. The van der Waals surface area contributed by atoms with Crippen LogP contribution < -0.4 is 16.6 Å². The first kappa shape index (κ1) is 12.6. The van der Waals surface area contributed by atoms with Crippen molar-refractivity contribution in [2.24, 2.45) is 5.84 Å². The molecule has 0 saturated heterocycles. The van der Waals surface area contributed by atoms with Gasteiger partial charge in [0.1, 0.15) is 11.4 Å². The molecule has 0 heterocycles. The SMILES string of the molecule is CCC1(Nc2cccc(NN)c2[N+](=O)[O-])CCC1. The van der Waals surface area contributed by atoms with Crippen molar-refractivity contribution >= 4 is 17.1 Å². The van der Waals surface area contributed by atoms with Gasteiger partial charge >= 0.3 is 5.69 Å². The van der Waals surface area contributed by atoms with Crippen molar-refractivity contribution in [3.63, 3.8) is 0 Å². The lowest BCUT2D eigenvalue weighted by atomic mass is 9.74. The molecular weight excluding hydrogens is 232 g/mol. The van der Waals surface area contributed by atoms with Crippen molar-refractivity contribution in [2.45, 2.75) is 38.1 Å². The summed E-state index contributed by atoms with van der Waals surface area (Å²) in [6.45, 7) is 2.10. The van der Waals surface area contributed by atoms with Crippen LogP contribution in [0.1, 0.15) is 32.6 Å². The Morgan fingerprint density at radius 2 is 2.11 bits per heavy atom. The highest BCUT2D eigenvalue weighted by atomic mass is 16.6. The lowest BCUT2D eigenvalue weighted by Crippen LogP contribution is -2.44. The van der Waals surface area contributed by atoms with Crippen molar-refractivity contribution < 1.29 is 4.92 Å². The quantitative estimate of drug-likeness (QED) is 0.424. The van der Waals surface area contributed by atoms with Gasteiger partial charge in [0.15, 0.2) is 0 Å². The maximum atomic E-state index is 11.2. The molecule has 0 bridgehead atoms. The van der Waals surface area contributed by atoms with Gasteiger partial charge in [-0.25, -0.2) is 0 Å². The van der Waals surface area contributed by atoms with Crippen LogP contribution in [0.2, 0.25) is 0 Å². The summed E-state index contributed by atoms with van der Waals surface area (Å²) in [6, 6.07) is 5.09. The maximum Gasteiger partial charge on any atom is 0.316 e. The number of nitrogens with one attached hydrogen (secondary N) is 2. The summed E-state index contributed by atoms with van der Waals surface area (Å²) in [5.41, 5.74) is 3.27. The summed E-state index contributed by atoms with van der Waals surface area (Å²) in [6.07, 6.45) is 4.25. The molecule has 0 radical (unpaired) electrons. The molecule has 0 spiro atoms. The van der Waals surface area contributed by atoms with Crippen molar-refractivity contribution in [3.8, 4) is 0 Å². The molecule has 2 rings (SSSR count). The zero-order valence-electron chi connectivity index (χ0n) is 10.4. The zero-order chi connectivity index (χ0) is 13.2. The van der Waals surface area contributed by atoms with Gasteiger partial charge in [0.2, 0.25) is 0 Å². The highest BCUT2D eigenvalue weighted by Crippen LogP contribution is 2.41. The Labute approximate surface area is 106 Å². The van der Waals surface area contributed by atoms with Gasteiger partial charge < -0.3 is 10.7 Å². The molecule has 0 amide bonds. The molecule has 1 aromatic carbocycles. The van der Waals surface area contributed by atoms with Crippen molar-refractivity contribution in [3.05, 3.63) is 28.3 Å². The second-order valence-electron chi connectivity index (χ2n) is 4.72. The average molecular weight is 250 g/mol. The first-order valence-corrected chi connectivity index (χ1v) is 6.14. The van der Waals surface area contributed by atoms with Crippen molar-refractivity contribution in [1.29, 1.82) is 0 Å². The molecule has 0 aliphatic heterocycles. The summed E-state index contributed by atoms with van der Waals surface area (Å²) in [4.78, 5) is 10.7. The Morgan fingerprint density at radius 3 is 2.56 bits per heavy atom. The Bertz CT molecular complexity index is 452. The maximum absolute atomic E-state index is 11.2. The fourth-order valence-corrected chi connectivity index (χ4v) is 2.41. The number of nitro groups is 1. The largest absolute Gasteiger partial charge is 0.374 e. The number of hydrogen-bond acceptors (Lipinski definition) is 5. The minimum absolute atomic E-state index is 0.0119. The monoisotopic (exact) mass is 250 g/mol. The minimum atomic E-state index is -0.403. The number of nitrogens with two attached hydrogens (primary N) is 1. The van der Waals surface area contributed by atoms with Gasteiger partial charge in [0.25, 0.3) is 0 Å². The van der Waals surface area contributed by atoms with E-state index in [1.165, 1.54) is 6.42 Å². The summed E-state index contributed by atoms with van der Waals surface area (Å²) >= 11 is 0. The smallest absolute Gasteiger partial charge is 0.316 e. The Balaban J connectivity index is 2.35. The lowest BCUT2D eigenvalue weighted by Gasteiger charge is -2.42. The van der Waals surface area contributed by atoms with E-state index in [1.54, 1.807) is 18.2 Å². The number of nitrogens with zero attached hydrogens (tertiary/aromatic N) is 1. The standard InChI is InChI=1S/C12H18N4O2/c1-2-12(7-4-8-12)14-9-5-3-6-10(15-13)11(9)16(17)18/h3,5-6,14-15H,2,4,7-8,13H2,1H3. The number of rotatable bonds is 5. The van der Waals surface area contributed by atoms with Crippen LogP contribution in [0, 0.1) is 10.1 Å².